The van der Waals surface area contributed by atoms with Crippen molar-refractivity contribution >= 4 is 23.1 Å². The summed E-state index contributed by atoms with van der Waals surface area (Å²) in [4.78, 5) is 11.0. The molecule has 0 aliphatic carbocycles. The number of hydrogen-bond donors (Lipinski definition) is 2. The van der Waals surface area contributed by atoms with Crippen LogP contribution in [-0.4, -0.2) is 16.0 Å². The molecule has 0 bridgehead atoms. The Morgan fingerprint density at radius 2 is 2.24 bits per heavy atom. The molecule has 0 fully saturated rings. The third-order valence-corrected chi connectivity index (χ3v) is 3.38. The van der Waals surface area contributed by atoms with E-state index in [1.54, 1.807) is 12.3 Å². The average Bonchev–Trinajstić information content (AvgIpc) is 2.63. The normalized spacial score (nSPS) is 12.4. The van der Waals surface area contributed by atoms with Gasteiger partial charge in [0.2, 0.25) is 5.95 Å². The quantitative estimate of drug-likeness (QED) is 0.872. The van der Waals surface area contributed by atoms with Crippen molar-refractivity contribution in [1.82, 2.24) is 9.97 Å². The molecule has 0 spiro atoms. The molecule has 0 aromatic carbocycles. The lowest BCUT2D eigenvalue weighted by Gasteiger charge is -2.12. The van der Waals surface area contributed by atoms with Gasteiger partial charge in [-0.25, -0.2) is 4.98 Å². The molecule has 3 N–H and O–H groups in total. The fourth-order valence-electron chi connectivity index (χ4n) is 1.61. The molecular weight excluding hydrogens is 232 g/mol. The molecule has 17 heavy (non-hydrogen) atoms. The lowest BCUT2D eigenvalue weighted by Crippen LogP contribution is -2.19. The third-order valence-electron chi connectivity index (χ3n) is 2.36. The monoisotopic (exact) mass is 248 g/mol. The van der Waals surface area contributed by atoms with E-state index in [2.05, 4.69) is 41.3 Å². The molecule has 1 unspecified atom stereocenters. The van der Waals surface area contributed by atoms with Gasteiger partial charge in [-0.3, -0.25) is 0 Å². The van der Waals surface area contributed by atoms with Gasteiger partial charge in [0, 0.05) is 28.4 Å². The van der Waals surface area contributed by atoms with Crippen LogP contribution in [0.3, 0.4) is 0 Å². The van der Waals surface area contributed by atoms with Gasteiger partial charge in [-0.05, 0) is 32.0 Å². The molecule has 0 saturated carbocycles. The molecule has 2 aromatic heterocycles. The number of nitrogens with one attached hydrogen (secondary N) is 1. The maximum absolute atomic E-state index is 5.60. The van der Waals surface area contributed by atoms with E-state index in [-0.39, 0.29) is 6.04 Å². The van der Waals surface area contributed by atoms with Gasteiger partial charge >= 0.3 is 0 Å². The van der Waals surface area contributed by atoms with E-state index in [0.717, 1.165) is 6.42 Å². The molecule has 2 heterocycles. The largest absolute Gasteiger partial charge is 0.384 e. The zero-order chi connectivity index (χ0) is 12.3. The molecule has 2 aromatic rings. The number of anilines is 2. The highest BCUT2D eigenvalue weighted by Gasteiger charge is 2.06. The zero-order valence-corrected chi connectivity index (χ0v) is 10.8. The Bertz CT molecular complexity index is 495. The molecule has 0 amide bonds. The second kappa shape index (κ2) is 5.14. The Morgan fingerprint density at radius 3 is 2.88 bits per heavy atom. The highest BCUT2D eigenvalue weighted by Crippen LogP contribution is 2.17. The summed E-state index contributed by atoms with van der Waals surface area (Å²) in [6, 6.07) is 6.27. The first-order valence-electron chi connectivity index (χ1n) is 5.54. The van der Waals surface area contributed by atoms with E-state index < -0.39 is 0 Å². The van der Waals surface area contributed by atoms with Crippen LogP contribution in [0.2, 0.25) is 0 Å². The van der Waals surface area contributed by atoms with Crippen molar-refractivity contribution in [2.45, 2.75) is 26.3 Å². The van der Waals surface area contributed by atoms with Gasteiger partial charge in [-0.15, -0.1) is 11.3 Å². The number of nitrogen functional groups attached to an aromatic ring is 1. The fourth-order valence-corrected chi connectivity index (χ4v) is 2.63. The van der Waals surface area contributed by atoms with E-state index in [0.29, 0.717) is 11.8 Å². The third kappa shape index (κ3) is 3.42. The highest BCUT2D eigenvalue weighted by atomic mass is 32.1. The highest BCUT2D eigenvalue weighted by molar-refractivity contribution is 7.11. The molecule has 0 radical (unpaired) electrons. The van der Waals surface area contributed by atoms with Gasteiger partial charge in [0.05, 0.1) is 0 Å². The standard InChI is InChI=1S/C12H16N4S/c1-8(7-10-4-3-9(2)17-10)15-12-14-6-5-11(13)16-12/h3-6,8H,7H2,1-2H3,(H3,13,14,15,16). The van der Waals surface area contributed by atoms with Crippen molar-refractivity contribution in [2.75, 3.05) is 11.1 Å². The summed E-state index contributed by atoms with van der Waals surface area (Å²) >= 11 is 1.82. The first-order chi connectivity index (χ1) is 8.13. The summed E-state index contributed by atoms with van der Waals surface area (Å²) < 4.78 is 0. The molecule has 5 heteroatoms. The minimum absolute atomic E-state index is 0.287. The van der Waals surface area contributed by atoms with E-state index in [1.807, 2.05) is 11.3 Å². The van der Waals surface area contributed by atoms with Gasteiger partial charge in [0.25, 0.3) is 0 Å². The van der Waals surface area contributed by atoms with Crippen molar-refractivity contribution in [3.05, 3.63) is 34.2 Å². The van der Waals surface area contributed by atoms with Gasteiger partial charge in [-0.2, -0.15) is 4.98 Å². The number of nitrogens with zero attached hydrogens (tertiary/aromatic N) is 2. The number of rotatable bonds is 4. The van der Waals surface area contributed by atoms with E-state index >= 15 is 0 Å². The minimum atomic E-state index is 0.287. The zero-order valence-electron chi connectivity index (χ0n) is 9.97. The van der Waals surface area contributed by atoms with Crippen LogP contribution < -0.4 is 11.1 Å². The maximum atomic E-state index is 5.60. The summed E-state index contributed by atoms with van der Waals surface area (Å²) in [5.41, 5.74) is 5.60. The lowest BCUT2D eigenvalue weighted by molar-refractivity contribution is 0.787. The van der Waals surface area contributed by atoms with Crippen LogP contribution >= 0.6 is 11.3 Å². The molecule has 2 rings (SSSR count). The molecule has 0 saturated heterocycles. The predicted molar refractivity (Wildman–Crippen MR) is 72.3 cm³/mol. The minimum Gasteiger partial charge on any atom is -0.384 e. The molecule has 90 valence electrons. The second-order valence-corrected chi connectivity index (χ2v) is 5.44. The Balaban J connectivity index is 1.95. The Morgan fingerprint density at radius 1 is 1.41 bits per heavy atom. The smallest absolute Gasteiger partial charge is 0.224 e. The average molecular weight is 248 g/mol. The first-order valence-corrected chi connectivity index (χ1v) is 6.35. The predicted octanol–water partition coefficient (Wildman–Crippen LogP) is 2.47. The number of nitrogens with two attached hydrogens (primary N) is 1. The van der Waals surface area contributed by atoms with Crippen LogP contribution in [0.4, 0.5) is 11.8 Å². The number of thiophene rings is 1. The van der Waals surface area contributed by atoms with Crippen molar-refractivity contribution in [3.63, 3.8) is 0 Å². The second-order valence-electron chi connectivity index (χ2n) is 4.07. The number of aryl methyl sites for hydroxylation is 1. The van der Waals surface area contributed by atoms with Crippen LogP contribution in [0.15, 0.2) is 24.4 Å². The molecular formula is C12H16N4S. The summed E-state index contributed by atoms with van der Waals surface area (Å²) in [5, 5.41) is 3.24. The van der Waals surface area contributed by atoms with Gasteiger partial charge < -0.3 is 11.1 Å². The lowest BCUT2D eigenvalue weighted by atomic mass is 10.2. The Labute approximate surface area is 105 Å². The summed E-state index contributed by atoms with van der Waals surface area (Å²) in [7, 11) is 0. The Hall–Kier alpha value is -1.62. The van der Waals surface area contributed by atoms with E-state index in [1.165, 1.54) is 9.75 Å². The van der Waals surface area contributed by atoms with E-state index in [9.17, 15) is 0 Å². The van der Waals surface area contributed by atoms with Crippen LogP contribution in [0.1, 0.15) is 16.7 Å². The van der Waals surface area contributed by atoms with Crippen molar-refractivity contribution < 1.29 is 0 Å². The van der Waals surface area contributed by atoms with Crippen molar-refractivity contribution in [3.8, 4) is 0 Å². The van der Waals surface area contributed by atoms with Crippen LogP contribution in [0.25, 0.3) is 0 Å². The fraction of sp³-hybridized carbons (Fsp3) is 0.333. The topological polar surface area (TPSA) is 63.8 Å². The molecule has 0 aliphatic rings. The Kier molecular flexibility index (Phi) is 3.58. The summed E-state index contributed by atoms with van der Waals surface area (Å²) in [5.74, 6) is 1.08. The van der Waals surface area contributed by atoms with E-state index in [4.69, 9.17) is 5.73 Å². The molecule has 1 atom stereocenters. The van der Waals surface area contributed by atoms with Gasteiger partial charge in [0.1, 0.15) is 5.82 Å². The maximum Gasteiger partial charge on any atom is 0.224 e. The van der Waals surface area contributed by atoms with Crippen LogP contribution in [-0.2, 0) is 6.42 Å². The van der Waals surface area contributed by atoms with Crippen molar-refractivity contribution in [1.29, 1.82) is 0 Å². The number of hydrogen-bond acceptors (Lipinski definition) is 5. The SMILES string of the molecule is Cc1ccc(CC(C)Nc2nccc(N)n2)s1. The molecule has 4 nitrogen and oxygen atoms in total. The van der Waals surface area contributed by atoms with Crippen LogP contribution in [0, 0.1) is 6.92 Å². The molecule has 0 aliphatic heterocycles. The van der Waals surface area contributed by atoms with Gasteiger partial charge in [-0.1, -0.05) is 0 Å². The van der Waals surface area contributed by atoms with Crippen molar-refractivity contribution in [2.24, 2.45) is 0 Å². The number of aromatic nitrogens is 2. The summed E-state index contributed by atoms with van der Waals surface area (Å²) in [6.45, 7) is 4.23. The van der Waals surface area contributed by atoms with Crippen LogP contribution in [0.5, 0.6) is 0 Å². The van der Waals surface area contributed by atoms with Gasteiger partial charge in [0.15, 0.2) is 0 Å². The summed E-state index contributed by atoms with van der Waals surface area (Å²) in [6.07, 6.45) is 2.63. The first kappa shape index (κ1) is 11.9.